The van der Waals surface area contributed by atoms with Crippen LogP contribution < -0.4 is 30.5 Å². The van der Waals surface area contributed by atoms with Crippen LogP contribution in [0, 0.1) is 0 Å². The third-order valence-corrected chi connectivity index (χ3v) is 5.48. The first-order valence-electron chi connectivity index (χ1n) is 10.5. The summed E-state index contributed by atoms with van der Waals surface area (Å²) in [6.07, 6.45) is 0. The maximum atomic E-state index is 12.7. The van der Waals surface area contributed by atoms with Crippen LogP contribution in [-0.2, 0) is 0 Å². The molecule has 4 aromatic rings. The highest BCUT2D eigenvalue weighted by atomic mass is 32.1. The topological polar surface area (TPSA) is 99.0 Å². The van der Waals surface area contributed by atoms with Crippen LogP contribution in [0.15, 0.2) is 75.9 Å². The molecule has 1 heterocycles. The quantitative estimate of drug-likeness (QED) is 0.299. The lowest BCUT2D eigenvalue weighted by Crippen LogP contribution is -2.34. The fourth-order valence-corrected chi connectivity index (χ4v) is 3.77. The second-order valence-corrected chi connectivity index (χ2v) is 7.78. The Labute approximate surface area is 206 Å². The van der Waals surface area contributed by atoms with E-state index >= 15 is 0 Å². The Morgan fingerprint density at radius 3 is 2.37 bits per heavy atom. The molecule has 0 aliphatic heterocycles. The van der Waals surface area contributed by atoms with Gasteiger partial charge in [-0.15, -0.1) is 0 Å². The highest BCUT2D eigenvalue weighted by Gasteiger charge is 2.16. The van der Waals surface area contributed by atoms with E-state index in [1.807, 2.05) is 12.1 Å². The normalized spacial score (nSPS) is 10.5. The number of anilines is 1. The summed E-state index contributed by atoms with van der Waals surface area (Å²) in [5, 5.41) is 6.45. The zero-order valence-electron chi connectivity index (χ0n) is 19.2. The number of thiocarbonyl (C=S) groups is 1. The predicted molar refractivity (Wildman–Crippen MR) is 138 cm³/mol. The molecular formula is C26H22N2O6S. The fourth-order valence-electron chi connectivity index (χ4n) is 3.56. The van der Waals surface area contributed by atoms with E-state index in [-0.39, 0.29) is 5.11 Å². The monoisotopic (exact) mass is 490 g/mol. The van der Waals surface area contributed by atoms with Crippen molar-refractivity contribution in [2.75, 3.05) is 26.6 Å². The Kier molecular flexibility index (Phi) is 6.98. The van der Waals surface area contributed by atoms with Gasteiger partial charge in [-0.25, -0.2) is 4.79 Å². The first-order valence-corrected chi connectivity index (χ1v) is 10.9. The third kappa shape index (κ3) is 5.10. The van der Waals surface area contributed by atoms with E-state index in [9.17, 15) is 9.59 Å². The van der Waals surface area contributed by atoms with Crippen molar-refractivity contribution in [3.05, 3.63) is 82.7 Å². The number of nitrogens with one attached hydrogen (secondary N) is 2. The molecule has 0 fully saturated rings. The van der Waals surface area contributed by atoms with Crippen LogP contribution in [0.4, 0.5) is 5.69 Å². The number of amides is 1. The van der Waals surface area contributed by atoms with Gasteiger partial charge in [0, 0.05) is 28.8 Å². The van der Waals surface area contributed by atoms with Crippen molar-refractivity contribution in [3.63, 3.8) is 0 Å². The van der Waals surface area contributed by atoms with Crippen LogP contribution in [0.25, 0.3) is 22.1 Å². The zero-order chi connectivity index (χ0) is 24.9. The second-order valence-electron chi connectivity index (χ2n) is 7.37. The molecule has 9 heteroatoms. The minimum Gasteiger partial charge on any atom is -0.497 e. The number of methoxy groups -OCH3 is 3. The summed E-state index contributed by atoms with van der Waals surface area (Å²) < 4.78 is 21.4. The summed E-state index contributed by atoms with van der Waals surface area (Å²) in [5.74, 6) is 0.902. The number of hydrogen-bond donors (Lipinski definition) is 2. The first kappa shape index (κ1) is 23.8. The fraction of sp³-hybridized carbons (Fsp3) is 0.115. The van der Waals surface area contributed by atoms with Crippen molar-refractivity contribution in [1.29, 1.82) is 0 Å². The zero-order valence-corrected chi connectivity index (χ0v) is 20.0. The maximum absolute atomic E-state index is 12.7. The summed E-state index contributed by atoms with van der Waals surface area (Å²) in [4.78, 5) is 25.3. The Bertz CT molecular complexity index is 1480. The van der Waals surface area contributed by atoms with Crippen LogP contribution in [0.5, 0.6) is 17.2 Å². The third-order valence-electron chi connectivity index (χ3n) is 5.27. The molecule has 0 atom stereocenters. The van der Waals surface area contributed by atoms with E-state index < -0.39 is 11.5 Å². The van der Waals surface area contributed by atoms with Gasteiger partial charge in [-0.3, -0.25) is 10.1 Å². The lowest BCUT2D eigenvalue weighted by atomic mass is 10.0. The summed E-state index contributed by atoms with van der Waals surface area (Å²) >= 11 is 5.31. The van der Waals surface area contributed by atoms with Crippen LogP contribution in [0.3, 0.4) is 0 Å². The summed E-state index contributed by atoms with van der Waals surface area (Å²) in [6.45, 7) is 0. The molecule has 0 bridgehead atoms. The van der Waals surface area contributed by atoms with E-state index in [1.54, 1.807) is 54.6 Å². The number of benzene rings is 3. The van der Waals surface area contributed by atoms with Crippen molar-refractivity contribution in [2.45, 2.75) is 0 Å². The van der Waals surface area contributed by atoms with Crippen LogP contribution in [0.1, 0.15) is 10.4 Å². The van der Waals surface area contributed by atoms with Gasteiger partial charge < -0.3 is 23.9 Å². The average Bonchev–Trinajstić information content (AvgIpc) is 2.87. The average molecular weight is 491 g/mol. The van der Waals surface area contributed by atoms with Crippen molar-refractivity contribution < 1.29 is 23.4 Å². The van der Waals surface area contributed by atoms with Gasteiger partial charge in [0.25, 0.3) is 5.91 Å². The van der Waals surface area contributed by atoms with Crippen LogP contribution in [-0.4, -0.2) is 32.3 Å². The highest BCUT2D eigenvalue weighted by Crippen LogP contribution is 2.32. The molecule has 0 radical (unpaired) electrons. The van der Waals surface area contributed by atoms with E-state index in [1.165, 1.54) is 21.3 Å². The van der Waals surface area contributed by atoms with Crippen molar-refractivity contribution >= 4 is 39.9 Å². The highest BCUT2D eigenvalue weighted by molar-refractivity contribution is 7.80. The summed E-state index contributed by atoms with van der Waals surface area (Å²) in [7, 11) is 4.49. The molecule has 0 aliphatic rings. The molecule has 35 heavy (non-hydrogen) atoms. The summed E-state index contributed by atoms with van der Waals surface area (Å²) in [6, 6.07) is 19.0. The molecule has 0 spiro atoms. The Morgan fingerprint density at radius 1 is 0.857 bits per heavy atom. The number of rotatable bonds is 6. The van der Waals surface area contributed by atoms with E-state index in [0.717, 1.165) is 5.39 Å². The molecule has 0 unspecified atom stereocenters. The van der Waals surface area contributed by atoms with Gasteiger partial charge in [0.15, 0.2) is 5.11 Å². The largest absolute Gasteiger partial charge is 0.497 e. The molecule has 4 rings (SSSR count). The number of fused-ring (bicyclic) bond motifs is 1. The number of ether oxygens (including phenoxy) is 3. The lowest BCUT2D eigenvalue weighted by Gasteiger charge is -2.14. The number of carbonyl (C=O) groups excluding carboxylic acids is 1. The van der Waals surface area contributed by atoms with Gasteiger partial charge in [0.2, 0.25) is 0 Å². The van der Waals surface area contributed by atoms with Gasteiger partial charge in [-0.1, -0.05) is 18.2 Å². The van der Waals surface area contributed by atoms with E-state index in [4.69, 9.17) is 30.8 Å². The summed E-state index contributed by atoms with van der Waals surface area (Å²) in [5.41, 5.74) is 1.83. The Balaban J connectivity index is 1.54. The molecule has 0 saturated carbocycles. The SMILES string of the molecule is COc1ccc(C(=O)NC(=S)Nc2ccc(-c3cc4ccccc4oc3=O)c(OC)c2)c(OC)c1. The van der Waals surface area contributed by atoms with Gasteiger partial charge in [-0.05, 0) is 48.6 Å². The molecule has 0 saturated heterocycles. The van der Waals surface area contributed by atoms with E-state index in [2.05, 4.69) is 10.6 Å². The molecule has 2 N–H and O–H groups in total. The Morgan fingerprint density at radius 2 is 1.63 bits per heavy atom. The minimum atomic E-state index is -0.473. The smallest absolute Gasteiger partial charge is 0.344 e. The standard InChI is InChI=1S/C26H22N2O6S/c1-31-17-9-11-19(23(14-17)33-3)24(29)28-26(35)27-16-8-10-18(22(13-16)32-2)20-12-15-6-4-5-7-21(15)34-25(20)30/h4-14H,1-3H3,(H2,27,28,29,35). The number of hydrogen-bond acceptors (Lipinski definition) is 7. The second kappa shape index (κ2) is 10.3. The molecule has 3 aromatic carbocycles. The molecular weight excluding hydrogens is 468 g/mol. The van der Waals surface area contributed by atoms with Crippen molar-refractivity contribution in [2.24, 2.45) is 0 Å². The minimum absolute atomic E-state index is 0.0768. The van der Waals surface area contributed by atoms with E-state index in [0.29, 0.717) is 45.2 Å². The van der Waals surface area contributed by atoms with Gasteiger partial charge in [-0.2, -0.15) is 0 Å². The van der Waals surface area contributed by atoms with Crippen LogP contribution in [0.2, 0.25) is 0 Å². The number of para-hydroxylation sites is 1. The van der Waals surface area contributed by atoms with Gasteiger partial charge in [0.1, 0.15) is 22.8 Å². The molecule has 1 aromatic heterocycles. The molecule has 8 nitrogen and oxygen atoms in total. The molecule has 1 amide bonds. The van der Waals surface area contributed by atoms with Crippen LogP contribution >= 0.6 is 12.2 Å². The van der Waals surface area contributed by atoms with Gasteiger partial charge >= 0.3 is 5.63 Å². The molecule has 0 aliphatic carbocycles. The predicted octanol–water partition coefficient (Wildman–Crippen LogP) is 4.61. The molecule has 178 valence electrons. The van der Waals surface area contributed by atoms with Gasteiger partial charge in [0.05, 0.1) is 32.5 Å². The Hall–Kier alpha value is -4.37. The number of carbonyl (C=O) groups is 1. The van der Waals surface area contributed by atoms with Crippen molar-refractivity contribution in [1.82, 2.24) is 5.32 Å². The van der Waals surface area contributed by atoms with Crippen molar-refractivity contribution in [3.8, 4) is 28.4 Å². The first-order chi connectivity index (χ1) is 16.9. The lowest BCUT2D eigenvalue weighted by molar-refractivity contribution is 0.0974. The maximum Gasteiger partial charge on any atom is 0.344 e.